The molecule has 3 aromatic rings. The maximum atomic E-state index is 13.6. The zero-order valence-electron chi connectivity index (χ0n) is 25.8. The number of carbonyl (C=O) groups is 2. The molecule has 3 heterocycles. The number of aromatic nitrogens is 2. The Hall–Kier alpha value is -4.07. The van der Waals surface area contributed by atoms with Gasteiger partial charge in [0.1, 0.15) is 11.6 Å². The third-order valence-electron chi connectivity index (χ3n) is 8.85. The summed E-state index contributed by atoms with van der Waals surface area (Å²) in [6, 6.07) is 10.3. The fourth-order valence-electron chi connectivity index (χ4n) is 5.94. The second-order valence-corrected chi connectivity index (χ2v) is 12.1. The van der Waals surface area contributed by atoms with Gasteiger partial charge in [-0.1, -0.05) is 38.8 Å². The zero-order valence-corrected chi connectivity index (χ0v) is 25.8. The van der Waals surface area contributed by atoms with Gasteiger partial charge in [-0.2, -0.15) is 0 Å². The number of unbranched alkanes of at least 4 members (excludes halogenated alkanes) is 1. The average molecular weight is 567 g/mol. The highest BCUT2D eigenvalue weighted by Gasteiger charge is 2.49. The van der Waals surface area contributed by atoms with Crippen molar-refractivity contribution in [2.24, 2.45) is 10.9 Å². The number of aliphatic imine (C=N–C) groups is 1. The highest BCUT2D eigenvalue weighted by molar-refractivity contribution is 6.08. The van der Waals surface area contributed by atoms with Gasteiger partial charge in [0.05, 0.1) is 16.8 Å². The Morgan fingerprint density at radius 2 is 1.93 bits per heavy atom. The number of aryl methyl sites for hydroxylation is 1. The van der Waals surface area contributed by atoms with Crippen LogP contribution in [0.4, 0.5) is 23.0 Å². The molecule has 8 nitrogen and oxygen atoms in total. The SMILES string of the molecule is CCCC=Nc1cc(-c2ccc3c(c2)N(C2CC(CC)C2)C(=O)C3(C)C)nc(Nc2cc(C(=O)NC)c(C)cn2)c1C. The van der Waals surface area contributed by atoms with E-state index >= 15 is 0 Å². The molecule has 0 spiro atoms. The Balaban J connectivity index is 1.57. The molecule has 0 atom stereocenters. The summed E-state index contributed by atoms with van der Waals surface area (Å²) in [5.74, 6) is 1.84. The summed E-state index contributed by atoms with van der Waals surface area (Å²) in [6.45, 7) is 12.2. The molecule has 0 unspecified atom stereocenters. The van der Waals surface area contributed by atoms with Crippen LogP contribution in [-0.4, -0.2) is 41.1 Å². The van der Waals surface area contributed by atoms with E-state index in [4.69, 9.17) is 9.98 Å². The fourth-order valence-corrected chi connectivity index (χ4v) is 5.94. The molecule has 2 aliphatic rings. The van der Waals surface area contributed by atoms with Crippen LogP contribution in [0.1, 0.15) is 86.8 Å². The standard InChI is InChI=1S/C34H42N6O2/c1-8-10-13-36-27-18-28(38-31(21(27)4)39-30-17-25(32(41)35-7)20(3)19-37-30)23-11-12-26-29(16-23)40(33(42)34(26,5)6)24-14-22(9-2)15-24/h11-13,16-19,22,24H,8-10,14-15H2,1-7H3,(H,35,41)(H,37,38,39). The fraction of sp³-hybridized carbons (Fsp3) is 0.441. The predicted octanol–water partition coefficient (Wildman–Crippen LogP) is 7.18. The molecule has 2 N–H and O–H groups in total. The third kappa shape index (κ3) is 5.30. The summed E-state index contributed by atoms with van der Waals surface area (Å²) in [5.41, 5.74) is 6.21. The monoisotopic (exact) mass is 566 g/mol. The lowest BCUT2D eigenvalue weighted by Gasteiger charge is -2.41. The Bertz CT molecular complexity index is 1550. The molecule has 220 valence electrons. The molecule has 1 aliphatic heterocycles. The smallest absolute Gasteiger partial charge is 0.251 e. The van der Waals surface area contributed by atoms with E-state index in [1.165, 1.54) is 0 Å². The Kier molecular flexibility index (Phi) is 8.17. The zero-order chi connectivity index (χ0) is 30.2. The molecule has 0 radical (unpaired) electrons. The Labute approximate surface area is 249 Å². The van der Waals surface area contributed by atoms with Crippen molar-refractivity contribution in [3.63, 3.8) is 0 Å². The number of pyridine rings is 2. The number of nitrogens with zero attached hydrogens (tertiary/aromatic N) is 4. The Morgan fingerprint density at radius 1 is 1.17 bits per heavy atom. The molecule has 1 aromatic carbocycles. The molecule has 2 aromatic heterocycles. The van der Waals surface area contributed by atoms with Crippen LogP contribution in [-0.2, 0) is 10.2 Å². The normalized spacial score (nSPS) is 19.1. The van der Waals surface area contributed by atoms with Gasteiger partial charge < -0.3 is 15.5 Å². The number of hydrogen-bond acceptors (Lipinski definition) is 6. The van der Waals surface area contributed by atoms with Crippen LogP contribution in [0.2, 0.25) is 0 Å². The van der Waals surface area contributed by atoms with Crippen molar-refractivity contribution in [1.82, 2.24) is 15.3 Å². The first-order valence-electron chi connectivity index (χ1n) is 15.1. The number of carbonyl (C=O) groups excluding carboxylic acids is 2. The average Bonchev–Trinajstić information content (AvgIpc) is 3.15. The quantitative estimate of drug-likeness (QED) is 0.267. The number of nitrogens with one attached hydrogen (secondary N) is 2. The van der Waals surface area contributed by atoms with Crippen LogP contribution >= 0.6 is 0 Å². The number of hydrogen-bond donors (Lipinski definition) is 2. The summed E-state index contributed by atoms with van der Waals surface area (Å²) in [6.07, 6.45) is 8.76. The van der Waals surface area contributed by atoms with E-state index in [1.54, 1.807) is 19.3 Å². The van der Waals surface area contributed by atoms with E-state index in [9.17, 15) is 9.59 Å². The van der Waals surface area contributed by atoms with Crippen LogP contribution in [0.15, 0.2) is 41.5 Å². The lowest BCUT2D eigenvalue weighted by atomic mass is 9.77. The summed E-state index contributed by atoms with van der Waals surface area (Å²) in [7, 11) is 1.62. The van der Waals surface area contributed by atoms with E-state index in [1.807, 2.05) is 40.0 Å². The number of amides is 2. The molecule has 1 aliphatic carbocycles. The summed E-state index contributed by atoms with van der Waals surface area (Å²) in [5, 5.41) is 6.04. The van der Waals surface area contributed by atoms with E-state index in [0.29, 0.717) is 23.1 Å². The van der Waals surface area contributed by atoms with Gasteiger partial charge in [0.25, 0.3) is 5.91 Å². The molecular formula is C34H42N6O2. The van der Waals surface area contributed by atoms with Crippen molar-refractivity contribution in [2.75, 3.05) is 17.3 Å². The Morgan fingerprint density at radius 3 is 2.62 bits per heavy atom. The van der Waals surface area contributed by atoms with Crippen LogP contribution in [0, 0.1) is 19.8 Å². The molecule has 8 heteroatoms. The lowest BCUT2D eigenvalue weighted by molar-refractivity contribution is -0.123. The maximum absolute atomic E-state index is 13.6. The highest BCUT2D eigenvalue weighted by Crippen LogP contribution is 2.48. The number of fused-ring (bicyclic) bond motifs is 1. The first kappa shape index (κ1) is 29.4. The second kappa shape index (κ2) is 11.7. The van der Waals surface area contributed by atoms with Gasteiger partial charge in [0, 0.05) is 47.9 Å². The van der Waals surface area contributed by atoms with Crippen molar-refractivity contribution in [1.29, 1.82) is 0 Å². The van der Waals surface area contributed by atoms with E-state index < -0.39 is 5.41 Å². The lowest BCUT2D eigenvalue weighted by Crippen LogP contribution is -2.49. The topological polar surface area (TPSA) is 99.6 Å². The molecule has 42 heavy (non-hydrogen) atoms. The van der Waals surface area contributed by atoms with Crippen LogP contribution in [0.25, 0.3) is 11.3 Å². The van der Waals surface area contributed by atoms with Crippen molar-refractivity contribution < 1.29 is 9.59 Å². The maximum Gasteiger partial charge on any atom is 0.251 e. The molecule has 0 bridgehead atoms. The van der Waals surface area contributed by atoms with Gasteiger partial charge in [-0.25, -0.2) is 9.97 Å². The van der Waals surface area contributed by atoms with Crippen molar-refractivity contribution in [2.45, 2.75) is 85.1 Å². The third-order valence-corrected chi connectivity index (χ3v) is 8.85. The van der Waals surface area contributed by atoms with Crippen molar-refractivity contribution in [3.8, 4) is 11.3 Å². The van der Waals surface area contributed by atoms with Gasteiger partial charge in [-0.3, -0.25) is 14.6 Å². The van der Waals surface area contributed by atoms with Gasteiger partial charge in [-0.05, 0) is 82.2 Å². The first-order chi connectivity index (χ1) is 20.1. The molecule has 0 saturated heterocycles. The second-order valence-electron chi connectivity index (χ2n) is 12.1. The van der Waals surface area contributed by atoms with Crippen LogP contribution < -0.4 is 15.5 Å². The van der Waals surface area contributed by atoms with Crippen LogP contribution in [0.3, 0.4) is 0 Å². The molecule has 1 fully saturated rings. The van der Waals surface area contributed by atoms with E-state index in [0.717, 1.165) is 71.4 Å². The van der Waals surface area contributed by atoms with Gasteiger partial charge >= 0.3 is 0 Å². The molecule has 5 rings (SSSR count). The largest absolute Gasteiger partial charge is 0.355 e. The van der Waals surface area contributed by atoms with Gasteiger partial charge in [-0.15, -0.1) is 0 Å². The number of rotatable bonds is 9. The number of benzene rings is 1. The summed E-state index contributed by atoms with van der Waals surface area (Å²) < 4.78 is 0. The van der Waals surface area contributed by atoms with Crippen molar-refractivity contribution in [3.05, 3.63) is 58.8 Å². The van der Waals surface area contributed by atoms with Crippen molar-refractivity contribution >= 4 is 41.0 Å². The first-order valence-corrected chi connectivity index (χ1v) is 15.1. The summed E-state index contributed by atoms with van der Waals surface area (Å²) >= 11 is 0. The van der Waals surface area contributed by atoms with E-state index in [2.05, 4.69) is 52.6 Å². The molecule has 2 amide bonds. The van der Waals surface area contributed by atoms with Gasteiger partial charge in [0.2, 0.25) is 5.91 Å². The minimum Gasteiger partial charge on any atom is -0.355 e. The van der Waals surface area contributed by atoms with Gasteiger partial charge in [0.15, 0.2) is 0 Å². The minimum absolute atomic E-state index is 0.168. The molecule has 1 saturated carbocycles. The number of anilines is 3. The van der Waals surface area contributed by atoms with E-state index in [-0.39, 0.29) is 17.9 Å². The minimum atomic E-state index is -0.562. The predicted molar refractivity (Wildman–Crippen MR) is 170 cm³/mol. The molecular weight excluding hydrogens is 524 g/mol. The van der Waals surface area contributed by atoms with Crippen LogP contribution in [0.5, 0.6) is 0 Å². The summed E-state index contributed by atoms with van der Waals surface area (Å²) in [4.78, 5) is 42.4. The highest BCUT2D eigenvalue weighted by atomic mass is 16.2.